The van der Waals surface area contributed by atoms with Gasteiger partial charge in [-0.25, -0.2) is 0 Å². The second-order valence-corrected chi connectivity index (χ2v) is 6.46. The number of halogens is 1. The molecule has 0 aliphatic heterocycles. The zero-order chi connectivity index (χ0) is 15.0. The summed E-state index contributed by atoms with van der Waals surface area (Å²) in [6.07, 6.45) is 3.39. The van der Waals surface area contributed by atoms with Crippen LogP contribution in [0.2, 0.25) is 0 Å². The van der Waals surface area contributed by atoms with E-state index in [9.17, 15) is 4.79 Å². The number of rotatable bonds is 7. The van der Waals surface area contributed by atoms with Crippen LogP contribution in [0.25, 0.3) is 0 Å². The molecule has 1 rings (SSSR count). The van der Waals surface area contributed by atoms with Gasteiger partial charge in [0.05, 0.1) is 13.0 Å². The number of unbranched alkanes of at least 4 members (excludes halogenated alkanes) is 1. The first kappa shape index (κ1) is 19.9. The Morgan fingerprint density at radius 1 is 1.19 bits per heavy atom. The topological polar surface area (TPSA) is 52.3 Å². The van der Waals surface area contributed by atoms with Gasteiger partial charge in [0, 0.05) is 6.04 Å². The first-order chi connectivity index (χ1) is 9.38. The number of nitrogens with two attached hydrogens (primary N) is 1. The van der Waals surface area contributed by atoms with Gasteiger partial charge in [-0.2, -0.15) is 0 Å². The Morgan fingerprint density at radius 3 is 2.38 bits per heavy atom. The minimum absolute atomic E-state index is 0. The van der Waals surface area contributed by atoms with Crippen molar-refractivity contribution in [2.45, 2.75) is 52.5 Å². The van der Waals surface area contributed by atoms with Gasteiger partial charge in [0.25, 0.3) is 0 Å². The molecule has 3 nitrogen and oxygen atoms in total. The molecule has 4 heteroatoms. The number of carbonyl (C=O) groups is 1. The van der Waals surface area contributed by atoms with Gasteiger partial charge >= 0.3 is 5.97 Å². The highest BCUT2D eigenvalue weighted by Gasteiger charge is 2.13. The van der Waals surface area contributed by atoms with E-state index in [0.717, 1.165) is 24.8 Å². The fraction of sp³-hybridized carbons (Fsp3) is 0.588. The van der Waals surface area contributed by atoms with Crippen LogP contribution >= 0.6 is 12.4 Å². The van der Waals surface area contributed by atoms with E-state index in [1.165, 1.54) is 0 Å². The van der Waals surface area contributed by atoms with Crippen LogP contribution in [0, 0.1) is 5.41 Å². The van der Waals surface area contributed by atoms with Gasteiger partial charge in [-0.05, 0) is 30.2 Å². The third-order valence-electron chi connectivity index (χ3n) is 3.20. The highest BCUT2D eigenvalue weighted by molar-refractivity contribution is 5.85. The highest BCUT2D eigenvalue weighted by Crippen LogP contribution is 2.21. The van der Waals surface area contributed by atoms with Crippen LogP contribution in [-0.4, -0.2) is 12.6 Å². The summed E-state index contributed by atoms with van der Waals surface area (Å²) in [6.45, 7) is 7.16. The molecule has 21 heavy (non-hydrogen) atoms. The SMILES string of the molecule is CC(C)(C)CCCCOC(=O)CC(N)c1ccccc1.Cl. The molecule has 0 aliphatic rings. The molecular weight excluding hydrogens is 286 g/mol. The molecule has 0 fully saturated rings. The molecule has 0 saturated heterocycles. The molecule has 0 saturated carbocycles. The molecule has 0 spiro atoms. The van der Waals surface area contributed by atoms with Crippen molar-refractivity contribution in [2.24, 2.45) is 11.1 Å². The molecule has 0 bridgehead atoms. The standard InChI is InChI=1S/C17H27NO2.ClH/c1-17(2,3)11-7-8-12-20-16(19)13-15(18)14-9-5-4-6-10-14;/h4-6,9-10,15H,7-8,11-13,18H2,1-3H3;1H. The van der Waals surface area contributed by atoms with Crippen LogP contribution < -0.4 is 5.73 Å². The van der Waals surface area contributed by atoms with Crippen molar-refractivity contribution in [3.8, 4) is 0 Å². The van der Waals surface area contributed by atoms with Crippen LogP contribution in [0.4, 0.5) is 0 Å². The third-order valence-corrected chi connectivity index (χ3v) is 3.20. The fourth-order valence-corrected chi connectivity index (χ4v) is 2.00. The van der Waals surface area contributed by atoms with Gasteiger partial charge in [-0.15, -0.1) is 12.4 Å². The van der Waals surface area contributed by atoms with Crippen molar-refractivity contribution in [1.82, 2.24) is 0 Å². The van der Waals surface area contributed by atoms with Crippen molar-refractivity contribution in [3.05, 3.63) is 35.9 Å². The van der Waals surface area contributed by atoms with Gasteiger partial charge < -0.3 is 10.5 Å². The summed E-state index contributed by atoms with van der Waals surface area (Å²) in [5.41, 5.74) is 7.30. The van der Waals surface area contributed by atoms with Crippen molar-refractivity contribution >= 4 is 18.4 Å². The largest absolute Gasteiger partial charge is 0.466 e. The molecule has 120 valence electrons. The summed E-state index contributed by atoms with van der Waals surface area (Å²) in [6, 6.07) is 9.37. The molecule has 1 aromatic rings. The Balaban J connectivity index is 0.00000400. The summed E-state index contributed by atoms with van der Waals surface area (Å²) in [7, 11) is 0. The van der Waals surface area contributed by atoms with Gasteiger partial charge in [-0.3, -0.25) is 4.79 Å². The van der Waals surface area contributed by atoms with Gasteiger partial charge in [0.15, 0.2) is 0 Å². The number of hydrogen-bond acceptors (Lipinski definition) is 3. The maximum Gasteiger partial charge on any atom is 0.307 e. The molecule has 2 N–H and O–H groups in total. The van der Waals surface area contributed by atoms with E-state index in [1.807, 2.05) is 30.3 Å². The smallest absolute Gasteiger partial charge is 0.307 e. The van der Waals surface area contributed by atoms with E-state index < -0.39 is 0 Å². The number of carbonyl (C=O) groups excluding carboxylic acids is 1. The van der Waals surface area contributed by atoms with E-state index in [2.05, 4.69) is 20.8 Å². The number of ether oxygens (including phenoxy) is 1. The minimum atomic E-state index is -0.279. The van der Waals surface area contributed by atoms with Crippen molar-refractivity contribution in [1.29, 1.82) is 0 Å². The van der Waals surface area contributed by atoms with Crippen molar-refractivity contribution < 1.29 is 9.53 Å². The lowest BCUT2D eigenvalue weighted by atomic mass is 9.90. The van der Waals surface area contributed by atoms with Gasteiger partial charge in [0.1, 0.15) is 0 Å². The zero-order valence-corrected chi connectivity index (χ0v) is 14.1. The average molecular weight is 314 g/mol. The van der Waals surface area contributed by atoms with Gasteiger partial charge in [-0.1, -0.05) is 51.1 Å². The Kier molecular flexibility index (Phi) is 9.31. The lowest BCUT2D eigenvalue weighted by molar-refractivity contribution is -0.144. The lowest BCUT2D eigenvalue weighted by Crippen LogP contribution is -2.17. The van der Waals surface area contributed by atoms with Crippen LogP contribution in [0.5, 0.6) is 0 Å². The van der Waals surface area contributed by atoms with E-state index in [4.69, 9.17) is 10.5 Å². The van der Waals surface area contributed by atoms with E-state index >= 15 is 0 Å². The zero-order valence-electron chi connectivity index (χ0n) is 13.3. The molecule has 0 aromatic heterocycles. The maximum absolute atomic E-state index is 11.7. The monoisotopic (exact) mass is 313 g/mol. The summed E-state index contributed by atoms with van der Waals surface area (Å²) in [5.74, 6) is -0.211. The summed E-state index contributed by atoms with van der Waals surface area (Å²) in [5, 5.41) is 0. The predicted molar refractivity (Wildman–Crippen MR) is 89.5 cm³/mol. The van der Waals surface area contributed by atoms with Crippen LogP contribution in [0.1, 0.15) is 58.1 Å². The first-order valence-corrected chi connectivity index (χ1v) is 7.34. The van der Waals surface area contributed by atoms with E-state index in [0.29, 0.717) is 12.0 Å². The van der Waals surface area contributed by atoms with Gasteiger partial charge in [0.2, 0.25) is 0 Å². The number of benzene rings is 1. The Hall–Kier alpha value is -1.06. The fourth-order valence-electron chi connectivity index (χ4n) is 2.00. The predicted octanol–water partition coefficient (Wildman–Crippen LogP) is 4.26. The Morgan fingerprint density at radius 2 is 1.81 bits per heavy atom. The second-order valence-electron chi connectivity index (χ2n) is 6.46. The molecule has 1 unspecified atom stereocenters. The Labute approximate surface area is 134 Å². The summed E-state index contributed by atoms with van der Waals surface area (Å²) in [4.78, 5) is 11.7. The molecule has 0 amide bonds. The summed E-state index contributed by atoms with van der Waals surface area (Å²) < 4.78 is 5.23. The third kappa shape index (κ3) is 9.48. The van der Waals surface area contributed by atoms with Crippen LogP contribution in [-0.2, 0) is 9.53 Å². The quantitative estimate of drug-likeness (QED) is 0.604. The Bertz CT molecular complexity index is 401. The molecule has 0 heterocycles. The minimum Gasteiger partial charge on any atom is -0.466 e. The molecule has 1 atom stereocenters. The van der Waals surface area contributed by atoms with E-state index in [-0.39, 0.29) is 30.8 Å². The average Bonchev–Trinajstić information content (AvgIpc) is 2.38. The maximum atomic E-state index is 11.7. The van der Waals surface area contributed by atoms with Crippen molar-refractivity contribution in [3.63, 3.8) is 0 Å². The van der Waals surface area contributed by atoms with E-state index in [1.54, 1.807) is 0 Å². The molecule has 1 aromatic carbocycles. The van der Waals surface area contributed by atoms with Crippen LogP contribution in [0.3, 0.4) is 0 Å². The number of esters is 1. The highest BCUT2D eigenvalue weighted by atomic mass is 35.5. The second kappa shape index (κ2) is 9.80. The van der Waals surface area contributed by atoms with Crippen molar-refractivity contribution in [2.75, 3.05) is 6.61 Å². The summed E-state index contributed by atoms with van der Waals surface area (Å²) >= 11 is 0. The lowest BCUT2D eigenvalue weighted by Gasteiger charge is -2.17. The molecular formula is C17H28ClNO2. The first-order valence-electron chi connectivity index (χ1n) is 7.34. The van der Waals surface area contributed by atoms with Crippen LogP contribution in [0.15, 0.2) is 30.3 Å². The number of hydrogen-bond donors (Lipinski definition) is 1. The molecule has 0 radical (unpaired) electrons. The molecule has 0 aliphatic carbocycles. The normalized spacial score (nSPS) is 12.4.